The zero-order valence-corrected chi connectivity index (χ0v) is 40.4. The Balaban J connectivity index is 4.29. The van der Waals surface area contributed by atoms with Crippen LogP contribution in [0.5, 0.6) is 0 Å². The topological polar surface area (TPSA) is 105 Å². The molecule has 3 unspecified atom stereocenters. The molecule has 0 bridgehead atoms. The number of allylic oxidation sites excluding steroid dienone is 5. The summed E-state index contributed by atoms with van der Waals surface area (Å²) in [4.78, 5) is 23.1. The fraction of sp³-hybridized carbons (Fsp3) is 0.860. The first-order valence-electron chi connectivity index (χ1n) is 24.9. The lowest BCUT2D eigenvalue weighted by Gasteiger charge is -2.25. The minimum atomic E-state index is -4.35. The number of unbranched alkanes of at least 4 members (excludes halogenated alkanes) is 28. The third-order valence-corrected chi connectivity index (χ3v) is 12.1. The molecule has 0 aliphatic rings. The van der Waals surface area contributed by atoms with E-state index in [0.717, 1.165) is 44.9 Å². The van der Waals surface area contributed by atoms with Crippen molar-refractivity contribution in [2.45, 2.75) is 238 Å². The number of nitrogens with one attached hydrogen (secondary N) is 1. The Hall–Kier alpha value is -1.28. The predicted octanol–water partition coefficient (Wildman–Crippen LogP) is 14.3. The smallest absolute Gasteiger partial charge is 0.387 e. The summed E-state index contributed by atoms with van der Waals surface area (Å²) in [6.07, 6.45) is 52.4. The summed E-state index contributed by atoms with van der Waals surface area (Å²) in [6.45, 7) is 4.78. The molecular formula is C50H98N2O6P+. The zero-order chi connectivity index (χ0) is 43.6. The minimum absolute atomic E-state index is 0.0546. The van der Waals surface area contributed by atoms with Crippen LogP contribution < -0.4 is 5.32 Å². The number of amides is 1. The minimum Gasteiger partial charge on any atom is -0.387 e. The second-order valence-corrected chi connectivity index (χ2v) is 19.6. The monoisotopic (exact) mass is 854 g/mol. The van der Waals surface area contributed by atoms with Crippen LogP contribution in [0.25, 0.3) is 0 Å². The van der Waals surface area contributed by atoms with Gasteiger partial charge in [-0.15, -0.1) is 0 Å². The standard InChI is InChI=1S/C50H97N2O6P/c1-6-8-10-12-14-16-18-19-20-21-22-23-24-25-26-27-28-29-30-31-32-34-35-37-39-41-43-49(53)48(47-58-59(55,56)57-46-45-52(3,4)5)51-50(54)44-42-40-38-36-33-17-15-13-11-9-7-2/h29-30,34-35,41,43,48-49,53H,6-28,31-33,36-40,42,44-47H2,1-5H3,(H-,51,54,55,56)/p+1/b30-29+,35-34+,43-41+. The van der Waals surface area contributed by atoms with E-state index in [1.54, 1.807) is 6.08 Å². The molecule has 3 atom stereocenters. The molecule has 9 heteroatoms. The van der Waals surface area contributed by atoms with E-state index in [1.807, 2.05) is 27.2 Å². The van der Waals surface area contributed by atoms with Crippen LogP contribution in [-0.4, -0.2) is 73.4 Å². The van der Waals surface area contributed by atoms with Gasteiger partial charge in [0.05, 0.1) is 39.9 Å². The van der Waals surface area contributed by atoms with E-state index in [2.05, 4.69) is 43.5 Å². The molecule has 3 N–H and O–H groups in total. The van der Waals surface area contributed by atoms with Crippen molar-refractivity contribution in [1.82, 2.24) is 5.32 Å². The average molecular weight is 854 g/mol. The first-order chi connectivity index (χ1) is 28.5. The number of aliphatic hydroxyl groups excluding tert-OH is 1. The Labute approximate surface area is 366 Å². The number of nitrogens with zero attached hydrogens (tertiary/aromatic N) is 1. The van der Waals surface area contributed by atoms with Gasteiger partial charge < -0.3 is 19.8 Å². The quantitative estimate of drug-likeness (QED) is 0.0244. The molecule has 0 fully saturated rings. The fourth-order valence-electron chi connectivity index (χ4n) is 7.13. The Bertz CT molecular complexity index is 1060. The molecule has 8 nitrogen and oxygen atoms in total. The highest BCUT2D eigenvalue weighted by molar-refractivity contribution is 7.47. The molecule has 0 aromatic rings. The summed E-state index contributed by atoms with van der Waals surface area (Å²) in [7, 11) is 1.55. The first-order valence-corrected chi connectivity index (χ1v) is 26.4. The number of quaternary nitrogens is 1. The highest BCUT2D eigenvalue weighted by Gasteiger charge is 2.27. The van der Waals surface area contributed by atoms with Crippen molar-refractivity contribution in [3.8, 4) is 0 Å². The van der Waals surface area contributed by atoms with E-state index in [-0.39, 0.29) is 19.1 Å². The number of carbonyl (C=O) groups excluding carboxylic acids is 1. The third-order valence-electron chi connectivity index (χ3n) is 11.1. The molecule has 0 aromatic heterocycles. The Kier molecular flexibility index (Phi) is 41.1. The van der Waals surface area contributed by atoms with Crippen molar-refractivity contribution in [2.24, 2.45) is 0 Å². The van der Waals surface area contributed by atoms with Crippen LogP contribution in [0.2, 0.25) is 0 Å². The van der Waals surface area contributed by atoms with E-state index in [1.165, 1.54) is 161 Å². The van der Waals surface area contributed by atoms with Gasteiger partial charge in [-0.25, -0.2) is 4.57 Å². The molecule has 0 radical (unpaired) electrons. The van der Waals surface area contributed by atoms with Crippen LogP contribution in [0.3, 0.4) is 0 Å². The molecule has 0 rings (SSSR count). The fourth-order valence-corrected chi connectivity index (χ4v) is 7.87. The zero-order valence-electron chi connectivity index (χ0n) is 39.5. The summed E-state index contributed by atoms with van der Waals surface area (Å²) in [5, 5.41) is 13.8. The first kappa shape index (κ1) is 57.7. The average Bonchev–Trinajstić information content (AvgIpc) is 3.19. The largest absolute Gasteiger partial charge is 0.472 e. The normalized spacial score (nSPS) is 14.5. The van der Waals surface area contributed by atoms with E-state index in [9.17, 15) is 19.4 Å². The SMILES string of the molecule is CCCCCCCCCCCCCCCCCC/C=C/CC/C=C/CC/C=C/C(O)C(COP(=O)(O)OCC[N+](C)(C)C)NC(=O)CCCCCCCCCCCCC. The molecular weight excluding hydrogens is 756 g/mol. The summed E-state index contributed by atoms with van der Waals surface area (Å²) >= 11 is 0. The van der Waals surface area contributed by atoms with Crippen LogP contribution in [0.4, 0.5) is 0 Å². The third kappa shape index (κ3) is 44.6. The maximum atomic E-state index is 12.8. The van der Waals surface area contributed by atoms with Gasteiger partial charge in [0.15, 0.2) is 0 Å². The molecule has 0 aliphatic carbocycles. The van der Waals surface area contributed by atoms with Crippen LogP contribution in [-0.2, 0) is 18.4 Å². The van der Waals surface area contributed by atoms with Crippen LogP contribution in [0, 0.1) is 0 Å². The lowest BCUT2D eigenvalue weighted by Crippen LogP contribution is -2.45. The molecule has 0 heterocycles. The van der Waals surface area contributed by atoms with Crippen molar-refractivity contribution in [3.05, 3.63) is 36.5 Å². The molecule has 348 valence electrons. The van der Waals surface area contributed by atoms with Crippen LogP contribution >= 0.6 is 7.82 Å². The van der Waals surface area contributed by atoms with Gasteiger partial charge >= 0.3 is 7.82 Å². The Morgan fingerprint density at radius 2 is 0.932 bits per heavy atom. The summed E-state index contributed by atoms with van der Waals surface area (Å²) in [6, 6.07) is -0.865. The molecule has 0 spiro atoms. The van der Waals surface area contributed by atoms with Crippen molar-refractivity contribution in [2.75, 3.05) is 40.9 Å². The van der Waals surface area contributed by atoms with E-state index in [4.69, 9.17) is 9.05 Å². The summed E-state index contributed by atoms with van der Waals surface area (Å²) in [5.41, 5.74) is 0. The number of carbonyl (C=O) groups is 1. The van der Waals surface area contributed by atoms with Gasteiger partial charge in [-0.05, 0) is 44.9 Å². The van der Waals surface area contributed by atoms with E-state index >= 15 is 0 Å². The Morgan fingerprint density at radius 3 is 1.36 bits per heavy atom. The van der Waals surface area contributed by atoms with Gasteiger partial charge in [-0.1, -0.05) is 211 Å². The van der Waals surface area contributed by atoms with Gasteiger partial charge in [-0.2, -0.15) is 0 Å². The van der Waals surface area contributed by atoms with Gasteiger partial charge in [0.1, 0.15) is 13.2 Å². The lowest BCUT2D eigenvalue weighted by atomic mass is 10.0. The van der Waals surface area contributed by atoms with Crippen LogP contribution in [0.15, 0.2) is 36.5 Å². The number of hydrogen-bond acceptors (Lipinski definition) is 5. The number of rotatable bonds is 45. The molecule has 0 aliphatic heterocycles. The highest BCUT2D eigenvalue weighted by Crippen LogP contribution is 2.43. The van der Waals surface area contributed by atoms with Gasteiger partial charge in [0.2, 0.25) is 5.91 Å². The maximum Gasteiger partial charge on any atom is 0.472 e. The number of aliphatic hydroxyl groups is 1. The second kappa shape index (κ2) is 42.0. The van der Waals surface area contributed by atoms with Crippen molar-refractivity contribution >= 4 is 13.7 Å². The van der Waals surface area contributed by atoms with E-state index in [0.29, 0.717) is 17.4 Å². The summed E-state index contributed by atoms with van der Waals surface area (Å²) in [5.74, 6) is -0.192. The molecule has 0 aromatic carbocycles. The van der Waals surface area contributed by atoms with Crippen molar-refractivity contribution in [1.29, 1.82) is 0 Å². The second-order valence-electron chi connectivity index (χ2n) is 18.2. The number of phosphoric acid groups is 1. The molecule has 1 amide bonds. The summed E-state index contributed by atoms with van der Waals surface area (Å²) < 4.78 is 23.5. The molecule has 0 saturated carbocycles. The molecule has 59 heavy (non-hydrogen) atoms. The van der Waals surface area contributed by atoms with Crippen molar-refractivity contribution < 1.29 is 32.9 Å². The van der Waals surface area contributed by atoms with Gasteiger partial charge in [0, 0.05) is 6.42 Å². The Morgan fingerprint density at radius 1 is 0.559 bits per heavy atom. The number of hydrogen-bond donors (Lipinski definition) is 3. The van der Waals surface area contributed by atoms with Gasteiger partial charge in [0.25, 0.3) is 0 Å². The lowest BCUT2D eigenvalue weighted by molar-refractivity contribution is -0.870. The number of likely N-dealkylation sites (N-methyl/N-ethyl adjacent to an activating group) is 1. The molecule has 0 saturated heterocycles. The van der Waals surface area contributed by atoms with Crippen molar-refractivity contribution in [3.63, 3.8) is 0 Å². The van der Waals surface area contributed by atoms with Gasteiger partial charge in [-0.3, -0.25) is 13.8 Å². The number of phosphoric ester groups is 1. The van der Waals surface area contributed by atoms with Crippen LogP contribution in [0.1, 0.15) is 226 Å². The maximum absolute atomic E-state index is 12.8. The highest BCUT2D eigenvalue weighted by atomic mass is 31.2. The van der Waals surface area contributed by atoms with E-state index < -0.39 is 20.0 Å². The predicted molar refractivity (Wildman–Crippen MR) is 254 cm³/mol.